The standard InChI is InChI=1S/C15H12N2O2S/c1-9-8-16-15(20-9)17-14(19)13(18)12-7-6-10-4-2-3-5-11(10)12/h2-5,7-8H,6H2,1H3,(H,16,17,19). The van der Waals surface area contributed by atoms with Gasteiger partial charge < -0.3 is 0 Å². The van der Waals surface area contributed by atoms with E-state index in [0.717, 1.165) is 16.0 Å². The van der Waals surface area contributed by atoms with Gasteiger partial charge in [-0.2, -0.15) is 0 Å². The molecule has 0 saturated carbocycles. The van der Waals surface area contributed by atoms with Gasteiger partial charge in [0.15, 0.2) is 5.13 Å². The molecule has 1 amide bonds. The number of carbonyl (C=O) groups excluding carboxylic acids is 2. The SMILES string of the molecule is Cc1cnc(NC(=O)C(=O)C2=CCc3ccccc32)s1. The van der Waals surface area contributed by atoms with Crippen molar-refractivity contribution in [3.63, 3.8) is 0 Å². The maximum absolute atomic E-state index is 12.2. The van der Waals surface area contributed by atoms with Crippen LogP contribution >= 0.6 is 11.3 Å². The fourth-order valence-electron chi connectivity index (χ4n) is 2.19. The Kier molecular flexibility index (Phi) is 3.20. The number of nitrogens with zero attached hydrogens (tertiary/aromatic N) is 1. The maximum atomic E-state index is 12.2. The summed E-state index contributed by atoms with van der Waals surface area (Å²) in [7, 11) is 0. The molecule has 1 aromatic heterocycles. The second-order valence-electron chi connectivity index (χ2n) is 4.54. The number of anilines is 1. The molecule has 20 heavy (non-hydrogen) atoms. The lowest BCUT2D eigenvalue weighted by molar-refractivity contribution is -0.131. The van der Waals surface area contributed by atoms with Gasteiger partial charge >= 0.3 is 0 Å². The molecule has 4 nitrogen and oxygen atoms in total. The summed E-state index contributed by atoms with van der Waals surface area (Å²) >= 11 is 1.35. The third kappa shape index (κ3) is 2.28. The molecule has 1 N–H and O–H groups in total. The Labute approximate surface area is 120 Å². The van der Waals surface area contributed by atoms with E-state index in [2.05, 4.69) is 10.3 Å². The van der Waals surface area contributed by atoms with Gasteiger partial charge in [0.05, 0.1) is 0 Å². The zero-order chi connectivity index (χ0) is 14.1. The van der Waals surface area contributed by atoms with E-state index in [4.69, 9.17) is 0 Å². The number of ketones is 1. The van der Waals surface area contributed by atoms with E-state index in [1.165, 1.54) is 11.3 Å². The van der Waals surface area contributed by atoms with Crippen LogP contribution in [0.4, 0.5) is 5.13 Å². The summed E-state index contributed by atoms with van der Waals surface area (Å²) in [6.07, 6.45) is 4.16. The molecular weight excluding hydrogens is 272 g/mol. The second kappa shape index (κ2) is 5.02. The number of fused-ring (bicyclic) bond motifs is 1. The third-order valence-corrected chi connectivity index (χ3v) is 3.95. The van der Waals surface area contributed by atoms with E-state index >= 15 is 0 Å². The topological polar surface area (TPSA) is 59.1 Å². The summed E-state index contributed by atoms with van der Waals surface area (Å²) in [5.74, 6) is -1.15. The van der Waals surface area contributed by atoms with E-state index in [1.54, 1.807) is 12.3 Å². The second-order valence-corrected chi connectivity index (χ2v) is 5.77. The highest BCUT2D eigenvalue weighted by Crippen LogP contribution is 2.28. The summed E-state index contributed by atoms with van der Waals surface area (Å²) in [6, 6.07) is 7.63. The number of Topliss-reactive ketones (excluding diaryl/α,β-unsaturated/α-hetero) is 1. The number of hydrogen-bond acceptors (Lipinski definition) is 4. The molecule has 100 valence electrons. The van der Waals surface area contributed by atoms with E-state index in [0.29, 0.717) is 17.1 Å². The van der Waals surface area contributed by atoms with Crippen molar-refractivity contribution in [2.75, 3.05) is 5.32 Å². The molecule has 1 aliphatic rings. The van der Waals surface area contributed by atoms with Crippen LogP contribution in [0.3, 0.4) is 0 Å². The van der Waals surface area contributed by atoms with Gasteiger partial charge in [-0.3, -0.25) is 14.9 Å². The highest BCUT2D eigenvalue weighted by molar-refractivity contribution is 7.15. The lowest BCUT2D eigenvalue weighted by atomic mass is 10.0. The zero-order valence-corrected chi connectivity index (χ0v) is 11.7. The van der Waals surface area contributed by atoms with Gasteiger partial charge in [-0.05, 0) is 24.5 Å². The number of nitrogens with one attached hydrogen (secondary N) is 1. The maximum Gasteiger partial charge on any atom is 0.298 e. The molecule has 0 bridgehead atoms. The molecule has 1 aliphatic carbocycles. The monoisotopic (exact) mass is 284 g/mol. The van der Waals surface area contributed by atoms with Crippen molar-refractivity contribution < 1.29 is 9.59 Å². The van der Waals surface area contributed by atoms with Crippen LogP contribution in [-0.2, 0) is 16.0 Å². The Morgan fingerprint density at radius 3 is 2.85 bits per heavy atom. The first-order valence-corrected chi connectivity index (χ1v) is 7.03. The average Bonchev–Trinajstić information content (AvgIpc) is 3.04. The van der Waals surface area contributed by atoms with E-state index < -0.39 is 11.7 Å². The number of benzene rings is 1. The number of thiazole rings is 1. The molecule has 0 aliphatic heterocycles. The highest BCUT2D eigenvalue weighted by Gasteiger charge is 2.25. The Hall–Kier alpha value is -2.27. The zero-order valence-electron chi connectivity index (χ0n) is 10.8. The molecule has 1 heterocycles. The molecule has 2 aromatic rings. The highest BCUT2D eigenvalue weighted by atomic mass is 32.1. The lowest BCUT2D eigenvalue weighted by Gasteiger charge is -2.04. The molecule has 1 aromatic carbocycles. The summed E-state index contributed by atoms with van der Waals surface area (Å²) in [5.41, 5.74) is 2.41. The molecule has 0 atom stereocenters. The molecule has 0 unspecified atom stereocenters. The third-order valence-electron chi connectivity index (χ3n) is 3.13. The van der Waals surface area contributed by atoms with Crippen LogP contribution < -0.4 is 5.32 Å². The van der Waals surface area contributed by atoms with Gasteiger partial charge in [-0.25, -0.2) is 4.98 Å². The van der Waals surface area contributed by atoms with Crippen LogP contribution in [-0.4, -0.2) is 16.7 Å². The number of aromatic nitrogens is 1. The summed E-state index contributed by atoms with van der Waals surface area (Å²) in [5, 5.41) is 3.00. The molecular formula is C15H12N2O2S. The number of amides is 1. The van der Waals surface area contributed by atoms with E-state index in [-0.39, 0.29) is 0 Å². The predicted octanol–water partition coefficient (Wildman–Crippen LogP) is 2.60. The van der Waals surface area contributed by atoms with Crippen LogP contribution in [0.5, 0.6) is 0 Å². The van der Waals surface area contributed by atoms with Gasteiger partial charge in [-0.15, -0.1) is 11.3 Å². The van der Waals surface area contributed by atoms with Crippen molar-refractivity contribution >= 4 is 33.7 Å². The van der Waals surface area contributed by atoms with Gasteiger partial charge in [0, 0.05) is 16.6 Å². The first kappa shape index (κ1) is 12.7. The molecule has 5 heteroatoms. The van der Waals surface area contributed by atoms with Crippen LogP contribution in [0.15, 0.2) is 36.5 Å². The summed E-state index contributed by atoms with van der Waals surface area (Å²) in [6.45, 7) is 1.89. The van der Waals surface area contributed by atoms with Crippen LogP contribution in [0, 0.1) is 6.92 Å². The number of hydrogen-bond donors (Lipinski definition) is 1. The first-order chi connectivity index (χ1) is 9.65. The largest absolute Gasteiger partial charge is 0.298 e. The minimum absolute atomic E-state index is 0.452. The van der Waals surface area contributed by atoms with Gasteiger partial charge in [0.2, 0.25) is 0 Å². The minimum atomic E-state index is -0.637. The van der Waals surface area contributed by atoms with E-state index in [1.807, 2.05) is 31.2 Å². The number of allylic oxidation sites excluding steroid dienone is 1. The van der Waals surface area contributed by atoms with E-state index in [9.17, 15) is 9.59 Å². The Bertz CT molecular complexity index is 731. The Morgan fingerprint density at radius 1 is 1.30 bits per heavy atom. The number of carbonyl (C=O) groups is 2. The van der Waals surface area contributed by atoms with Crippen molar-refractivity contribution in [2.24, 2.45) is 0 Å². The van der Waals surface area contributed by atoms with Crippen molar-refractivity contribution in [2.45, 2.75) is 13.3 Å². The fourth-order valence-corrected chi connectivity index (χ4v) is 2.85. The normalized spacial score (nSPS) is 12.8. The Balaban J connectivity index is 1.79. The van der Waals surface area contributed by atoms with Gasteiger partial charge in [-0.1, -0.05) is 30.3 Å². The van der Waals surface area contributed by atoms with Crippen LogP contribution in [0.25, 0.3) is 5.57 Å². The predicted molar refractivity (Wildman–Crippen MR) is 78.6 cm³/mol. The quantitative estimate of drug-likeness (QED) is 0.881. The average molecular weight is 284 g/mol. The van der Waals surface area contributed by atoms with Crippen LogP contribution in [0.2, 0.25) is 0 Å². The fraction of sp³-hybridized carbons (Fsp3) is 0.133. The Morgan fingerprint density at radius 2 is 2.10 bits per heavy atom. The smallest absolute Gasteiger partial charge is 0.295 e. The number of aryl methyl sites for hydroxylation is 1. The van der Waals surface area contributed by atoms with Gasteiger partial charge in [0.1, 0.15) is 0 Å². The van der Waals surface area contributed by atoms with Gasteiger partial charge in [0.25, 0.3) is 11.7 Å². The molecule has 3 rings (SSSR count). The first-order valence-electron chi connectivity index (χ1n) is 6.21. The summed E-state index contributed by atoms with van der Waals surface area (Å²) in [4.78, 5) is 29.2. The van der Waals surface area contributed by atoms with Crippen LogP contribution in [0.1, 0.15) is 16.0 Å². The minimum Gasteiger partial charge on any atom is -0.295 e. The van der Waals surface area contributed by atoms with Crippen molar-refractivity contribution in [1.29, 1.82) is 0 Å². The van der Waals surface area contributed by atoms with Crippen molar-refractivity contribution in [3.8, 4) is 0 Å². The van der Waals surface area contributed by atoms with Crippen molar-refractivity contribution in [1.82, 2.24) is 4.98 Å². The van der Waals surface area contributed by atoms with Crippen molar-refractivity contribution in [3.05, 3.63) is 52.5 Å². The molecule has 0 fully saturated rings. The summed E-state index contributed by atoms with van der Waals surface area (Å²) < 4.78 is 0. The molecule has 0 saturated heterocycles. The molecule has 0 spiro atoms. The molecule has 0 radical (unpaired) electrons. The lowest BCUT2D eigenvalue weighted by Crippen LogP contribution is -2.23. The number of rotatable bonds is 3.